The highest BCUT2D eigenvalue weighted by molar-refractivity contribution is 7.87. The maximum absolute atomic E-state index is 13.0. The fourth-order valence-electron chi connectivity index (χ4n) is 3.66. The first-order valence-corrected chi connectivity index (χ1v) is 11.4. The fraction of sp³-hybridized carbons (Fsp3) is 0.304. The first-order valence-electron chi connectivity index (χ1n) is 10.00. The van der Waals surface area contributed by atoms with Crippen molar-refractivity contribution in [1.29, 1.82) is 0 Å². The molecule has 0 bridgehead atoms. The van der Waals surface area contributed by atoms with Gasteiger partial charge in [-0.2, -0.15) is 8.42 Å². The molecular weight excluding hydrogens is 402 g/mol. The maximum Gasteiger partial charge on any atom is 0.339 e. The van der Waals surface area contributed by atoms with Gasteiger partial charge in [-0.25, -0.2) is 0 Å². The summed E-state index contributed by atoms with van der Waals surface area (Å²) in [6.45, 7) is 2.51. The molecule has 3 aromatic rings. The SMILES string of the molecule is COc1cc(OCC2CCCNC2)cc(OS(=O)(=O)c2cccc3ccccc23)c1. The largest absolute Gasteiger partial charge is 0.496 e. The second-order valence-corrected chi connectivity index (χ2v) is 8.90. The van der Waals surface area contributed by atoms with Gasteiger partial charge in [0.25, 0.3) is 0 Å². The monoisotopic (exact) mass is 427 g/mol. The lowest BCUT2D eigenvalue weighted by Gasteiger charge is -2.23. The van der Waals surface area contributed by atoms with Crippen LogP contribution in [-0.4, -0.2) is 35.2 Å². The van der Waals surface area contributed by atoms with Gasteiger partial charge in [-0.05, 0) is 30.8 Å². The summed E-state index contributed by atoms with van der Waals surface area (Å²) in [5, 5.41) is 4.81. The maximum atomic E-state index is 13.0. The molecule has 6 nitrogen and oxygen atoms in total. The molecule has 3 aromatic carbocycles. The number of rotatable bonds is 7. The number of benzene rings is 3. The highest BCUT2D eigenvalue weighted by Crippen LogP contribution is 2.32. The summed E-state index contributed by atoms with van der Waals surface area (Å²) in [6.07, 6.45) is 2.24. The number of piperidine rings is 1. The van der Waals surface area contributed by atoms with E-state index in [4.69, 9.17) is 13.7 Å². The molecule has 0 amide bonds. The van der Waals surface area contributed by atoms with Gasteiger partial charge < -0.3 is 19.0 Å². The third-order valence-electron chi connectivity index (χ3n) is 5.20. The Hall–Kier alpha value is -2.77. The summed E-state index contributed by atoms with van der Waals surface area (Å²) in [7, 11) is -2.52. The van der Waals surface area contributed by atoms with Crippen LogP contribution in [-0.2, 0) is 10.1 Å². The van der Waals surface area contributed by atoms with Gasteiger partial charge in [-0.1, -0.05) is 36.4 Å². The quantitative estimate of drug-likeness (QED) is 0.575. The number of nitrogens with one attached hydrogen (secondary N) is 1. The van der Waals surface area contributed by atoms with Crippen molar-refractivity contribution < 1.29 is 22.1 Å². The molecule has 30 heavy (non-hydrogen) atoms. The number of ether oxygens (including phenoxy) is 2. The summed E-state index contributed by atoms with van der Waals surface area (Å²) in [6, 6.07) is 17.3. The van der Waals surface area contributed by atoms with Crippen molar-refractivity contribution in [2.75, 3.05) is 26.8 Å². The third kappa shape index (κ3) is 4.68. The van der Waals surface area contributed by atoms with Crippen LogP contribution in [0.1, 0.15) is 12.8 Å². The molecule has 1 heterocycles. The highest BCUT2D eigenvalue weighted by Gasteiger charge is 2.21. The number of hydrogen-bond acceptors (Lipinski definition) is 6. The van der Waals surface area contributed by atoms with E-state index < -0.39 is 10.1 Å². The summed E-state index contributed by atoms with van der Waals surface area (Å²) in [5.41, 5.74) is 0. The molecule has 1 fully saturated rings. The Morgan fingerprint density at radius 3 is 2.57 bits per heavy atom. The molecule has 1 aliphatic heterocycles. The minimum atomic E-state index is -4.04. The van der Waals surface area contributed by atoms with E-state index in [2.05, 4.69) is 5.32 Å². The van der Waals surface area contributed by atoms with Gasteiger partial charge >= 0.3 is 10.1 Å². The Kier molecular flexibility index (Phi) is 6.11. The predicted molar refractivity (Wildman–Crippen MR) is 116 cm³/mol. The molecule has 1 atom stereocenters. The summed E-state index contributed by atoms with van der Waals surface area (Å²) >= 11 is 0. The molecule has 1 unspecified atom stereocenters. The molecule has 4 rings (SSSR count). The van der Waals surface area contributed by atoms with Crippen LogP contribution < -0.4 is 19.0 Å². The summed E-state index contributed by atoms with van der Waals surface area (Å²) in [4.78, 5) is 0.124. The van der Waals surface area contributed by atoms with E-state index in [-0.39, 0.29) is 10.6 Å². The molecule has 0 saturated carbocycles. The van der Waals surface area contributed by atoms with Crippen LogP contribution in [0.15, 0.2) is 65.6 Å². The minimum Gasteiger partial charge on any atom is -0.496 e. The van der Waals surface area contributed by atoms with E-state index in [1.807, 2.05) is 18.2 Å². The van der Waals surface area contributed by atoms with E-state index in [9.17, 15) is 8.42 Å². The molecule has 0 aliphatic carbocycles. The average molecular weight is 428 g/mol. The van der Waals surface area contributed by atoms with Crippen LogP contribution in [0.4, 0.5) is 0 Å². The zero-order chi connectivity index (χ0) is 21.0. The normalized spacial score (nSPS) is 16.9. The van der Waals surface area contributed by atoms with E-state index in [0.29, 0.717) is 29.4 Å². The fourth-order valence-corrected chi connectivity index (χ4v) is 4.80. The smallest absolute Gasteiger partial charge is 0.339 e. The zero-order valence-electron chi connectivity index (χ0n) is 16.8. The van der Waals surface area contributed by atoms with E-state index in [0.717, 1.165) is 31.3 Å². The Bertz CT molecular complexity index is 1120. The van der Waals surface area contributed by atoms with Crippen molar-refractivity contribution in [2.45, 2.75) is 17.7 Å². The van der Waals surface area contributed by atoms with E-state index in [1.165, 1.54) is 13.2 Å². The van der Waals surface area contributed by atoms with Gasteiger partial charge in [-0.15, -0.1) is 0 Å². The van der Waals surface area contributed by atoms with Gasteiger partial charge in [-0.3, -0.25) is 0 Å². The van der Waals surface area contributed by atoms with Crippen LogP contribution in [0.25, 0.3) is 10.8 Å². The molecule has 1 aliphatic rings. The first kappa shape index (κ1) is 20.5. The number of hydrogen-bond donors (Lipinski definition) is 1. The highest BCUT2D eigenvalue weighted by atomic mass is 32.2. The minimum absolute atomic E-state index is 0.124. The molecule has 158 valence electrons. The molecular formula is C23H25NO5S. The topological polar surface area (TPSA) is 73.9 Å². The van der Waals surface area contributed by atoms with E-state index >= 15 is 0 Å². The van der Waals surface area contributed by atoms with Crippen LogP contribution in [0.3, 0.4) is 0 Å². The van der Waals surface area contributed by atoms with Gasteiger partial charge in [0, 0.05) is 36.0 Å². The number of methoxy groups -OCH3 is 1. The number of fused-ring (bicyclic) bond motifs is 1. The van der Waals surface area contributed by atoms with Crippen LogP contribution in [0.5, 0.6) is 17.2 Å². The van der Waals surface area contributed by atoms with Crippen LogP contribution >= 0.6 is 0 Å². The zero-order valence-corrected chi connectivity index (χ0v) is 17.7. The van der Waals surface area contributed by atoms with Crippen molar-refractivity contribution in [2.24, 2.45) is 5.92 Å². The van der Waals surface area contributed by atoms with Crippen molar-refractivity contribution in [3.8, 4) is 17.2 Å². The van der Waals surface area contributed by atoms with Crippen LogP contribution in [0, 0.1) is 5.92 Å². The Labute approximate surface area is 176 Å². The van der Waals surface area contributed by atoms with Crippen molar-refractivity contribution >= 4 is 20.9 Å². The third-order valence-corrected chi connectivity index (χ3v) is 6.51. The summed E-state index contributed by atoms with van der Waals surface area (Å²) < 4.78 is 42.7. The molecule has 1 N–H and O–H groups in total. The molecule has 0 radical (unpaired) electrons. The lowest BCUT2D eigenvalue weighted by Crippen LogP contribution is -2.33. The van der Waals surface area contributed by atoms with Gasteiger partial charge in [0.1, 0.15) is 22.1 Å². The first-order chi connectivity index (χ1) is 14.5. The second kappa shape index (κ2) is 8.93. The van der Waals surface area contributed by atoms with Gasteiger partial charge in [0.2, 0.25) is 0 Å². The lowest BCUT2D eigenvalue weighted by molar-refractivity contribution is 0.217. The average Bonchev–Trinajstić information content (AvgIpc) is 2.77. The van der Waals surface area contributed by atoms with Crippen molar-refractivity contribution in [1.82, 2.24) is 5.32 Å². The predicted octanol–water partition coefficient (Wildman–Crippen LogP) is 3.99. The van der Waals surface area contributed by atoms with Crippen molar-refractivity contribution in [3.63, 3.8) is 0 Å². The lowest BCUT2D eigenvalue weighted by atomic mass is 10.0. The van der Waals surface area contributed by atoms with Gasteiger partial charge in [0.05, 0.1) is 13.7 Å². The second-order valence-electron chi connectivity index (χ2n) is 7.38. The Balaban J connectivity index is 1.58. The van der Waals surface area contributed by atoms with Gasteiger partial charge in [0.15, 0.2) is 0 Å². The molecule has 1 saturated heterocycles. The van der Waals surface area contributed by atoms with Crippen molar-refractivity contribution in [3.05, 3.63) is 60.7 Å². The van der Waals surface area contributed by atoms with Crippen LogP contribution in [0.2, 0.25) is 0 Å². The van der Waals surface area contributed by atoms with E-state index in [1.54, 1.807) is 36.4 Å². The molecule has 7 heteroatoms. The molecule has 0 aromatic heterocycles. The Morgan fingerprint density at radius 2 is 1.77 bits per heavy atom. The Morgan fingerprint density at radius 1 is 1.00 bits per heavy atom. The standard InChI is InChI=1S/C23H25NO5S/c1-27-19-12-20(28-16-17-6-5-11-24-15-17)14-21(13-19)29-30(25,26)23-10-4-8-18-7-2-3-9-22(18)23/h2-4,7-10,12-14,17,24H,5-6,11,15-16H2,1H3. The summed E-state index contributed by atoms with van der Waals surface area (Å²) in [5.74, 6) is 1.56. The molecule has 0 spiro atoms.